The third-order valence-electron chi connectivity index (χ3n) is 4.32. The highest BCUT2D eigenvalue weighted by atomic mass is 32.2. The lowest BCUT2D eigenvalue weighted by Gasteiger charge is -2.36. The number of benzene rings is 1. The van der Waals surface area contributed by atoms with Crippen LogP contribution in [0.5, 0.6) is 0 Å². The average Bonchev–Trinajstić information content (AvgIpc) is 3.17. The number of hydrogen-bond acceptors (Lipinski definition) is 9. The Morgan fingerprint density at radius 3 is 2.81 bits per heavy atom. The van der Waals surface area contributed by atoms with Crippen molar-refractivity contribution in [3.05, 3.63) is 35.3 Å². The molecule has 0 saturated carbocycles. The molecule has 2 heterocycles. The summed E-state index contributed by atoms with van der Waals surface area (Å²) >= 11 is 1.12. The molecule has 15 heteroatoms. The number of carbonyl (C=O) groups is 1. The summed E-state index contributed by atoms with van der Waals surface area (Å²) in [6.07, 6.45) is -2.96. The number of halogens is 3. The molecule has 1 aromatic carbocycles. The number of carbonyl (C=O) groups excluding carboxylic acids is 1. The molecule has 0 bridgehead atoms. The standard InChI is InChI=1S/C17H19F3N6O4S2/c18-11-2-1-9(5-10(11)14(19)20)23-15(24-28)13-16(26-30-25-13)31-4-3-22-12(27)6-17(21)7-32(29)8-17/h1-2,5,14,28H,3-4,6-8,21H2,(H,22,27)(H,23,24). The molecule has 32 heavy (non-hydrogen) atoms. The molecule has 3 rings (SSSR count). The van der Waals surface area contributed by atoms with Crippen LogP contribution >= 0.6 is 11.8 Å². The summed E-state index contributed by atoms with van der Waals surface area (Å²) in [6, 6.07) is 2.83. The summed E-state index contributed by atoms with van der Waals surface area (Å²) in [5, 5.41) is 19.6. The quantitative estimate of drug-likeness (QED) is 0.133. The minimum atomic E-state index is -3.04. The van der Waals surface area contributed by atoms with Crippen LogP contribution in [0, 0.1) is 5.82 Å². The number of thioether (sulfide) groups is 1. The van der Waals surface area contributed by atoms with Gasteiger partial charge in [0.1, 0.15) is 5.82 Å². The van der Waals surface area contributed by atoms with Crippen LogP contribution in [0.15, 0.2) is 32.8 Å². The maximum atomic E-state index is 13.5. The average molecular weight is 493 g/mol. The largest absolute Gasteiger partial charge is 0.355 e. The zero-order valence-electron chi connectivity index (χ0n) is 16.4. The van der Waals surface area contributed by atoms with Gasteiger partial charge in [-0.2, -0.15) is 0 Å². The normalized spacial score (nSPS) is 20.8. The molecule has 0 unspecified atom stereocenters. The number of nitrogens with one attached hydrogen (secondary N) is 2. The Bertz CT molecular complexity index is 1030. The van der Waals surface area contributed by atoms with Crippen LogP contribution in [0.2, 0.25) is 0 Å². The lowest BCUT2D eigenvalue weighted by atomic mass is 10.0. The topological polar surface area (TPSA) is 156 Å². The van der Waals surface area contributed by atoms with E-state index in [-0.39, 0.29) is 41.1 Å². The summed E-state index contributed by atoms with van der Waals surface area (Å²) < 4.78 is 55.0. The zero-order chi connectivity index (χ0) is 23.3. The first-order chi connectivity index (χ1) is 15.2. The summed E-state index contributed by atoms with van der Waals surface area (Å²) in [7, 11) is -0.962. The predicted octanol–water partition coefficient (Wildman–Crippen LogP) is 1.26. The van der Waals surface area contributed by atoms with Crippen molar-refractivity contribution in [3.8, 4) is 0 Å². The fourth-order valence-corrected chi connectivity index (χ4v) is 5.03. The summed E-state index contributed by atoms with van der Waals surface area (Å²) in [5.41, 5.74) is 6.11. The second kappa shape index (κ2) is 10.4. The van der Waals surface area contributed by atoms with Crippen molar-refractivity contribution in [2.75, 3.05) is 23.8 Å². The molecule has 0 radical (unpaired) electrons. The zero-order valence-corrected chi connectivity index (χ0v) is 18.0. The molecule has 1 amide bonds. The van der Waals surface area contributed by atoms with E-state index in [2.05, 4.69) is 25.3 Å². The van der Waals surface area contributed by atoms with E-state index < -0.39 is 34.1 Å². The monoisotopic (exact) mass is 492 g/mol. The van der Waals surface area contributed by atoms with E-state index in [0.29, 0.717) is 17.3 Å². The predicted molar refractivity (Wildman–Crippen MR) is 110 cm³/mol. The number of hydrogen-bond donors (Lipinski definition) is 4. The lowest BCUT2D eigenvalue weighted by Crippen LogP contribution is -2.60. The maximum Gasteiger partial charge on any atom is 0.266 e. The highest BCUT2D eigenvalue weighted by molar-refractivity contribution is 7.99. The van der Waals surface area contributed by atoms with Gasteiger partial charge >= 0.3 is 0 Å². The number of rotatable bonds is 9. The van der Waals surface area contributed by atoms with Crippen molar-refractivity contribution < 1.29 is 32.0 Å². The van der Waals surface area contributed by atoms with E-state index in [0.717, 1.165) is 30.0 Å². The third kappa shape index (κ3) is 6.05. The molecule has 1 aromatic heterocycles. The molecule has 174 valence electrons. The molecule has 0 atom stereocenters. The van der Waals surface area contributed by atoms with Crippen molar-refractivity contribution in [1.29, 1.82) is 0 Å². The number of amides is 1. The van der Waals surface area contributed by atoms with Gasteiger partial charge in [0.25, 0.3) is 6.43 Å². The minimum Gasteiger partial charge on any atom is -0.355 e. The van der Waals surface area contributed by atoms with Crippen LogP contribution in [0.25, 0.3) is 0 Å². The summed E-state index contributed by atoms with van der Waals surface area (Å²) in [4.78, 5) is 15.9. The van der Waals surface area contributed by atoms with Crippen molar-refractivity contribution in [2.45, 2.75) is 23.4 Å². The molecular weight excluding hydrogens is 473 g/mol. The Morgan fingerprint density at radius 2 is 2.16 bits per heavy atom. The number of aromatic nitrogens is 2. The molecule has 0 aliphatic carbocycles. The van der Waals surface area contributed by atoms with Gasteiger partial charge in [0.15, 0.2) is 16.6 Å². The van der Waals surface area contributed by atoms with Gasteiger partial charge in [0.2, 0.25) is 5.91 Å². The summed E-state index contributed by atoms with van der Waals surface area (Å²) in [5.74, 6) is -0.661. The first-order valence-corrected chi connectivity index (χ1v) is 11.6. The van der Waals surface area contributed by atoms with Gasteiger partial charge < -0.3 is 11.1 Å². The third-order valence-corrected chi connectivity index (χ3v) is 7.06. The number of hydroxylamine groups is 1. The number of nitrogens with zero attached hydrogens (tertiary/aromatic N) is 3. The first kappa shape index (κ1) is 24.2. The van der Waals surface area contributed by atoms with Gasteiger partial charge in [-0.3, -0.25) is 19.7 Å². The van der Waals surface area contributed by atoms with Gasteiger partial charge in [-0.15, -0.1) is 0 Å². The Morgan fingerprint density at radius 1 is 1.41 bits per heavy atom. The Balaban J connectivity index is 1.59. The van der Waals surface area contributed by atoms with Crippen LogP contribution in [0.3, 0.4) is 0 Å². The van der Waals surface area contributed by atoms with Gasteiger partial charge in [-0.1, -0.05) is 11.8 Å². The summed E-state index contributed by atoms with van der Waals surface area (Å²) in [6.45, 7) is 0.254. The second-order valence-electron chi connectivity index (χ2n) is 6.96. The van der Waals surface area contributed by atoms with Crippen LogP contribution in [-0.2, 0) is 15.6 Å². The SMILES string of the molecule is NC1(CC(=O)NCCSc2nonc2C(=Nc2ccc(F)c(C(F)F)c2)NO)CS(=O)C1. The molecule has 5 N–H and O–H groups in total. The molecule has 1 aliphatic rings. The fraction of sp³-hybridized carbons (Fsp3) is 0.412. The van der Waals surface area contributed by atoms with Gasteiger partial charge in [0, 0.05) is 46.6 Å². The van der Waals surface area contributed by atoms with Crippen molar-refractivity contribution in [1.82, 2.24) is 21.1 Å². The molecule has 1 fully saturated rings. The first-order valence-electron chi connectivity index (χ1n) is 9.13. The Hall–Kier alpha value is -2.49. The van der Waals surface area contributed by atoms with Crippen molar-refractivity contribution in [3.63, 3.8) is 0 Å². The number of amidine groups is 1. The molecule has 10 nitrogen and oxygen atoms in total. The smallest absolute Gasteiger partial charge is 0.266 e. The van der Waals surface area contributed by atoms with Crippen LogP contribution in [0.1, 0.15) is 24.1 Å². The number of aliphatic imine (C=N–C) groups is 1. The van der Waals surface area contributed by atoms with E-state index in [1.807, 2.05) is 0 Å². The lowest BCUT2D eigenvalue weighted by molar-refractivity contribution is -0.121. The van der Waals surface area contributed by atoms with Crippen molar-refractivity contribution >= 4 is 40.0 Å². The molecule has 1 saturated heterocycles. The maximum absolute atomic E-state index is 13.5. The Kier molecular flexibility index (Phi) is 7.86. The molecular formula is C17H19F3N6O4S2. The van der Waals surface area contributed by atoms with E-state index in [9.17, 15) is 27.4 Å². The van der Waals surface area contributed by atoms with E-state index in [4.69, 9.17) is 5.73 Å². The van der Waals surface area contributed by atoms with Gasteiger partial charge in [0.05, 0.1) is 11.3 Å². The molecule has 2 aromatic rings. The van der Waals surface area contributed by atoms with Crippen LogP contribution in [0.4, 0.5) is 18.9 Å². The van der Waals surface area contributed by atoms with Crippen LogP contribution in [-0.4, -0.2) is 60.8 Å². The molecule has 0 spiro atoms. The molecule has 1 aliphatic heterocycles. The van der Waals surface area contributed by atoms with Crippen molar-refractivity contribution in [2.24, 2.45) is 10.7 Å². The number of alkyl halides is 2. The highest BCUT2D eigenvalue weighted by Crippen LogP contribution is 2.27. The Labute approximate surface area is 186 Å². The van der Waals surface area contributed by atoms with Gasteiger partial charge in [-0.05, 0) is 28.5 Å². The second-order valence-corrected chi connectivity index (χ2v) is 9.50. The minimum absolute atomic E-state index is 0.00962. The van der Waals surface area contributed by atoms with E-state index >= 15 is 0 Å². The highest BCUT2D eigenvalue weighted by Gasteiger charge is 2.40. The fourth-order valence-electron chi connectivity index (χ4n) is 2.87. The van der Waals surface area contributed by atoms with Gasteiger partial charge in [-0.25, -0.2) is 22.8 Å². The number of nitrogens with two attached hydrogens (primary N) is 1. The van der Waals surface area contributed by atoms with Crippen LogP contribution < -0.4 is 16.5 Å². The van der Waals surface area contributed by atoms with E-state index in [1.165, 1.54) is 0 Å². The van der Waals surface area contributed by atoms with E-state index in [1.54, 1.807) is 5.48 Å².